The first-order valence-corrected chi connectivity index (χ1v) is 8.93. The molecule has 21 heavy (non-hydrogen) atoms. The van der Waals surface area contributed by atoms with Crippen molar-refractivity contribution in [2.24, 2.45) is 0 Å². The number of anilines is 1. The number of carbonyl (C=O) groups is 1. The zero-order chi connectivity index (χ0) is 15.7. The SMILES string of the molecule is CSc1sc(NC(=O)c2nc(Cl)c(Cl)c(Cl)c2Cl)nc1C. The van der Waals surface area contributed by atoms with Crippen LogP contribution in [0.25, 0.3) is 0 Å². The van der Waals surface area contributed by atoms with Crippen molar-refractivity contribution in [2.75, 3.05) is 11.6 Å². The standard InChI is InChI=1S/C11H7Cl4N3OS2/c1-3-10(20-2)21-11(16-3)18-9(19)7-5(13)4(12)6(14)8(15)17-7/h1-2H3,(H,16,18,19). The van der Waals surface area contributed by atoms with Gasteiger partial charge in [0.15, 0.2) is 10.8 Å². The molecule has 112 valence electrons. The van der Waals surface area contributed by atoms with Crippen molar-refractivity contribution in [1.82, 2.24) is 9.97 Å². The highest BCUT2D eigenvalue weighted by Gasteiger charge is 2.21. The maximum absolute atomic E-state index is 12.2. The molecule has 0 fully saturated rings. The lowest BCUT2D eigenvalue weighted by atomic mass is 10.3. The predicted octanol–water partition coefficient (Wildman–Crippen LogP) is 5.43. The third-order valence-corrected chi connectivity index (χ3v) is 6.32. The van der Waals surface area contributed by atoms with Crippen LogP contribution in [-0.2, 0) is 0 Å². The number of pyridine rings is 1. The van der Waals surface area contributed by atoms with Crippen LogP contribution in [0.15, 0.2) is 4.21 Å². The van der Waals surface area contributed by atoms with E-state index in [4.69, 9.17) is 46.4 Å². The van der Waals surface area contributed by atoms with Gasteiger partial charge in [-0.25, -0.2) is 9.97 Å². The topological polar surface area (TPSA) is 54.9 Å². The Balaban J connectivity index is 2.32. The van der Waals surface area contributed by atoms with Gasteiger partial charge < -0.3 is 0 Å². The molecule has 0 radical (unpaired) electrons. The van der Waals surface area contributed by atoms with Gasteiger partial charge in [-0.2, -0.15) is 0 Å². The first-order valence-electron chi connectivity index (χ1n) is 5.38. The maximum atomic E-state index is 12.2. The quantitative estimate of drug-likeness (QED) is 0.548. The number of nitrogens with one attached hydrogen (secondary N) is 1. The minimum atomic E-state index is -0.554. The van der Waals surface area contributed by atoms with Gasteiger partial charge >= 0.3 is 0 Å². The van der Waals surface area contributed by atoms with Crippen LogP contribution in [0.5, 0.6) is 0 Å². The zero-order valence-electron chi connectivity index (χ0n) is 10.6. The molecule has 4 nitrogen and oxygen atoms in total. The molecule has 2 aromatic heterocycles. The lowest BCUT2D eigenvalue weighted by molar-refractivity contribution is 0.102. The molecule has 2 rings (SSSR count). The fraction of sp³-hybridized carbons (Fsp3) is 0.182. The Labute approximate surface area is 149 Å². The Morgan fingerprint density at radius 1 is 1.14 bits per heavy atom. The number of rotatable bonds is 3. The highest BCUT2D eigenvalue weighted by molar-refractivity contribution is 8.00. The molecular weight excluding hydrogens is 396 g/mol. The molecule has 0 aliphatic rings. The second kappa shape index (κ2) is 6.89. The summed E-state index contributed by atoms with van der Waals surface area (Å²) in [7, 11) is 0. The lowest BCUT2D eigenvalue weighted by Gasteiger charge is -2.07. The van der Waals surface area contributed by atoms with E-state index in [1.165, 1.54) is 11.3 Å². The first-order chi connectivity index (χ1) is 9.85. The molecule has 0 aliphatic carbocycles. The number of nitrogens with zero attached hydrogens (tertiary/aromatic N) is 2. The first kappa shape index (κ1) is 17.1. The molecular formula is C11H7Cl4N3OS2. The summed E-state index contributed by atoms with van der Waals surface area (Å²) in [5.41, 5.74) is 0.739. The fourth-order valence-electron chi connectivity index (χ4n) is 1.42. The number of amides is 1. The summed E-state index contributed by atoms with van der Waals surface area (Å²) >= 11 is 26.4. The number of aryl methyl sites for hydroxylation is 1. The van der Waals surface area contributed by atoms with Crippen molar-refractivity contribution >= 4 is 80.5 Å². The molecule has 1 amide bonds. The van der Waals surface area contributed by atoms with Gasteiger partial charge in [0, 0.05) is 0 Å². The normalized spacial score (nSPS) is 10.8. The smallest absolute Gasteiger partial charge is 0.277 e. The van der Waals surface area contributed by atoms with Gasteiger partial charge in [0.05, 0.1) is 25.0 Å². The van der Waals surface area contributed by atoms with Crippen molar-refractivity contribution in [3.63, 3.8) is 0 Å². The van der Waals surface area contributed by atoms with Gasteiger partial charge in [-0.1, -0.05) is 57.7 Å². The minimum absolute atomic E-state index is 0.00893. The molecule has 0 aromatic carbocycles. The van der Waals surface area contributed by atoms with E-state index < -0.39 is 5.91 Å². The van der Waals surface area contributed by atoms with E-state index in [0.717, 1.165) is 9.90 Å². The minimum Gasteiger partial charge on any atom is -0.296 e. The third kappa shape index (κ3) is 3.57. The molecule has 0 unspecified atom stereocenters. The molecule has 10 heteroatoms. The van der Waals surface area contributed by atoms with Crippen molar-refractivity contribution < 1.29 is 4.79 Å². The van der Waals surface area contributed by atoms with Crippen LogP contribution in [0.1, 0.15) is 16.2 Å². The Kier molecular flexibility index (Phi) is 5.62. The highest BCUT2D eigenvalue weighted by Crippen LogP contribution is 2.36. The van der Waals surface area contributed by atoms with Crippen LogP contribution in [0.3, 0.4) is 0 Å². The molecule has 1 N–H and O–H groups in total. The van der Waals surface area contributed by atoms with E-state index in [1.807, 2.05) is 13.2 Å². The largest absolute Gasteiger partial charge is 0.296 e. The molecule has 0 aliphatic heterocycles. The summed E-state index contributed by atoms with van der Waals surface area (Å²) in [5.74, 6) is -0.554. The maximum Gasteiger partial charge on any atom is 0.277 e. The third-order valence-electron chi connectivity index (χ3n) is 2.36. The van der Waals surface area contributed by atoms with Crippen LogP contribution < -0.4 is 5.32 Å². The average molecular weight is 403 g/mol. The van der Waals surface area contributed by atoms with E-state index >= 15 is 0 Å². The second-order valence-electron chi connectivity index (χ2n) is 3.74. The number of aromatic nitrogens is 2. The predicted molar refractivity (Wildman–Crippen MR) is 90.9 cm³/mol. The molecule has 0 saturated carbocycles. The summed E-state index contributed by atoms with van der Waals surface area (Å²) in [4.78, 5) is 20.3. The lowest BCUT2D eigenvalue weighted by Crippen LogP contribution is -2.14. The molecule has 2 heterocycles. The summed E-state index contributed by atoms with van der Waals surface area (Å²) in [5, 5.41) is 2.92. The summed E-state index contributed by atoms with van der Waals surface area (Å²) in [6, 6.07) is 0. The zero-order valence-corrected chi connectivity index (χ0v) is 15.3. The van der Waals surface area contributed by atoms with Crippen LogP contribution in [0.2, 0.25) is 20.2 Å². The molecule has 0 saturated heterocycles. The number of hydrogen-bond donors (Lipinski definition) is 1. The Bertz CT molecular complexity index is 720. The molecule has 2 aromatic rings. The molecule has 0 atom stereocenters. The van der Waals surface area contributed by atoms with Crippen molar-refractivity contribution in [2.45, 2.75) is 11.1 Å². The number of carbonyl (C=O) groups excluding carboxylic acids is 1. The average Bonchev–Trinajstić information content (AvgIpc) is 2.80. The Morgan fingerprint density at radius 2 is 1.81 bits per heavy atom. The second-order valence-corrected chi connectivity index (χ2v) is 7.31. The van der Waals surface area contributed by atoms with Crippen LogP contribution >= 0.6 is 69.5 Å². The van der Waals surface area contributed by atoms with Crippen LogP contribution in [0, 0.1) is 6.92 Å². The van der Waals surface area contributed by atoms with E-state index in [9.17, 15) is 4.79 Å². The fourth-order valence-corrected chi connectivity index (χ4v) is 3.84. The summed E-state index contributed by atoms with van der Waals surface area (Å²) in [6.45, 7) is 1.86. The number of thioether (sulfide) groups is 1. The monoisotopic (exact) mass is 401 g/mol. The Hall–Kier alpha value is -0.240. The van der Waals surface area contributed by atoms with E-state index in [2.05, 4.69) is 15.3 Å². The number of hydrogen-bond acceptors (Lipinski definition) is 5. The van der Waals surface area contributed by atoms with E-state index in [-0.39, 0.29) is 25.9 Å². The van der Waals surface area contributed by atoms with Gasteiger partial charge in [0.25, 0.3) is 5.91 Å². The number of thiazole rings is 1. The van der Waals surface area contributed by atoms with Gasteiger partial charge in [-0.05, 0) is 13.2 Å². The van der Waals surface area contributed by atoms with Gasteiger partial charge in [0.2, 0.25) is 0 Å². The van der Waals surface area contributed by atoms with E-state index in [0.29, 0.717) is 5.13 Å². The summed E-state index contributed by atoms with van der Waals surface area (Å²) in [6.07, 6.45) is 1.93. The summed E-state index contributed by atoms with van der Waals surface area (Å²) < 4.78 is 1.01. The van der Waals surface area contributed by atoms with Gasteiger partial charge in [-0.15, -0.1) is 11.8 Å². The van der Waals surface area contributed by atoms with Crippen LogP contribution in [0.4, 0.5) is 5.13 Å². The van der Waals surface area contributed by atoms with Gasteiger partial charge in [0.1, 0.15) is 5.15 Å². The highest BCUT2D eigenvalue weighted by atomic mass is 35.5. The number of halogens is 4. The van der Waals surface area contributed by atoms with Crippen molar-refractivity contribution in [3.05, 3.63) is 31.6 Å². The van der Waals surface area contributed by atoms with E-state index in [1.54, 1.807) is 11.8 Å². The molecule has 0 spiro atoms. The molecule has 0 bridgehead atoms. The van der Waals surface area contributed by atoms with Gasteiger partial charge in [-0.3, -0.25) is 10.1 Å². The Morgan fingerprint density at radius 3 is 2.38 bits per heavy atom. The van der Waals surface area contributed by atoms with Crippen molar-refractivity contribution in [1.29, 1.82) is 0 Å². The van der Waals surface area contributed by atoms with Crippen molar-refractivity contribution in [3.8, 4) is 0 Å². The van der Waals surface area contributed by atoms with Crippen LogP contribution in [-0.4, -0.2) is 22.1 Å².